The third-order valence-corrected chi connectivity index (χ3v) is 7.85. The molecule has 5 fully saturated rings. The van der Waals surface area contributed by atoms with Gasteiger partial charge in [0.15, 0.2) is 5.79 Å². The average molecular weight is 507 g/mol. The molecular weight excluding hydrogens is 464 g/mol. The molecule has 4 atom stereocenters. The van der Waals surface area contributed by atoms with Crippen molar-refractivity contribution < 1.29 is 38.1 Å². The van der Waals surface area contributed by atoms with Crippen molar-refractivity contribution >= 4 is 17.9 Å². The number of carbonyl (C=O) groups excluding carboxylic acids is 3. The van der Waals surface area contributed by atoms with Crippen molar-refractivity contribution in [3.8, 4) is 0 Å². The third-order valence-electron chi connectivity index (χ3n) is 7.85. The summed E-state index contributed by atoms with van der Waals surface area (Å²) in [5, 5.41) is 0. The van der Waals surface area contributed by atoms with Gasteiger partial charge >= 0.3 is 17.9 Å². The number of hydrogen-bond acceptors (Lipinski definition) is 8. The number of rotatable bonds is 7. The minimum absolute atomic E-state index is 0.117. The Morgan fingerprint density at radius 2 is 1.58 bits per heavy atom. The van der Waals surface area contributed by atoms with Gasteiger partial charge in [-0.15, -0.1) is 0 Å². The largest absolute Gasteiger partial charge is 0.462 e. The molecule has 8 heteroatoms. The Hall–Kier alpha value is -1.93. The summed E-state index contributed by atoms with van der Waals surface area (Å²) in [6.07, 6.45) is 3.86. The molecule has 36 heavy (non-hydrogen) atoms. The summed E-state index contributed by atoms with van der Waals surface area (Å²) in [5.41, 5.74) is -0.673. The van der Waals surface area contributed by atoms with Crippen LogP contribution in [-0.4, -0.2) is 54.2 Å². The first-order valence-corrected chi connectivity index (χ1v) is 13.3. The fourth-order valence-electron chi connectivity index (χ4n) is 6.98. The molecule has 8 nitrogen and oxygen atoms in total. The lowest BCUT2D eigenvalue weighted by molar-refractivity contribution is -0.305. The zero-order chi connectivity index (χ0) is 26.5. The number of esters is 3. The Labute approximate surface area is 214 Å². The standard InChI is InChI=1S/C28H42O8/c1-16(2)24(30)33-23-18-8-17-9-19(23)14-28(12-17,13-18)25(31)32-15-21-10-20(34-27(6,7)35-21)11-22(29)36-26(3,4)5/h17-21,23H,1,8-15H2,2-7H3. The maximum atomic E-state index is 13.4. The summed E-state index contributed by atoms with van der Waals surface area (Å²) in [4.78, 5) is 38.0. The van der Waals surface area contributed by atoms with E-state index >= 15 is 0 Å². The predicted octanol–water partition coefficient (Wildman–Crippen LogP) is 4.49. The topological polar surface area (TPSA) is 97.4 Å². The smallest absolute Gasteiger partial charge is 0.333 e. The molecule has 202 valence electrons. The Bertz CT molecular complexity index is 884. The van der Waals surface area contributed by atoms with Gasteiger partial charge in [-0.25, -0.2) is 4.79 Å². The highest BCUT2D eigenvalue weighted by molar-refractivity contribution is 5.87. The van der Waals surface area contributed by atoms with Crippen LogP contribution < -0.4 is 0 Å². The van der Waals surface area contributed by atoms with Crippen molar-refractivity contribution in [3.63, 3.8) is 0 Å². The lowest BCUT2D eigenvalue weighted by Gasteiger charge is -2.57. The van der Waals surface area contributed by atoms with Crippen molar-refractivity contribution in [3.05, 3.63) is 12.2 Å². The molecular formula is C28H42O8. The van der Waals surface area contributed by atoms with Crippen LogP contribution in [-0.2, 0) is 38.1 Å². The summed E-state index contributed by atoms with van der Waals surface area (Å²) in [6, 6.07) is 0. The van der Waals surface area contributed by atoms with Crippen LogP contribution in [0.15, 0.2) is 12.2 Å². The summed E-state index contributed by atoms with van der Waals surface area (Å²) in [6.45, 7) is 14.6. The maximum absolute atomic E-state index is 13.4. The van der Waals surface area contributed by atoms with Gasteiger partial charge in [0.25, 0.3) is 0 Å². The van der Waals surface area contributed by atoms with Crippen LogP contribution in [0.1, 0.15) is 86.5 Å². The Balaban J connectivity index is 1.34. The molecule has 0 spiro atoms. The van der Waals surface area contributed by atoms with Crippen molar-refractivity contribution in [2.45, 2.75) is 116 Å². The quantitative estimate of drug-likeness (QED) is 0.283. The monoisotopic (exact) mass is 506 g/mol. The van der Waals surface area contributed by atoms with Crippen LogP contribution in [0.5, 0.6) is 0 Å². The van der Waals surface area contributed by atoms with Crippen LogP contribution in [0.4, 0.5) is 0 Å². The number of ether oxygens (including phenoxy) is 5. The van der Waals surface area contributed by atoms with E-state index in [4.69, 9.17) is 23.7 Å². The molecule has 0 N–H and O–H groups in total. The highest BCUT2D eigenvalue weighted by Crippen LogP contribution is 2.61. The minimum atomic E-state index is -0.900. The first-order valence-electron chi connectivity index (χ1n) is 13.3. The van der Waals surface area contributed by atoms with Crippen LogP contribution in [0, 0.1) is 23.2 Å². The average Bonchev–Trinajstić information content (AvgIpc) is 2.71. The molecule has 5 aliphatic rings. The zero-order valence-corrected chi connectivity index (χ0v) is 22.6. The third kappa shape index (κ3) is 6.13. The highest BCUT2D eigenvalue weighted by atomic mass is 16.7. The van der Waals surface area contributed by atoms with Crippen LogP contribution >= 0.6 is 0 Å². The summed E-state index contributed by atoms with van der Waals surface area (Å²) in [7, 11) is 0. The Morgan fingerprint density at radius 1 is 0.972 bits per heavy atom. The van der Waals surface area contributed by atoms with Crippen LogP contribution in [0.2, 0.25) is 0 Å². The van der Waals surface area contributed by atoms with E-state index in [2.05, 4.69) is 6.58 Å². The van der Waals surface area contributed by atoms with Crippen molar-refractivity contribution in [2.24, 2.45) is 23.2 Å². The first kappa shape index (κ1) is 27.1. The molecule has 1 aliphatic heterocycles. The van der Waals surface area contributed by atoms with E-state index < -0.39 is 16.8 Å². The van der Waals surface area contributed by atoms with E-state index in [1.165, 1.54) is 0 Å². The molecule has 0 aromatic heterocycles. The van der Waals surface area contributed by atoms with Gasteiger partial charge in [-0.2, -0.15) is 0 Å². The first-order chi connectivity index (χ1) is 16.6. The molecule has 4 bridgehead atoms. The molecule has 4 aliphatic carbocycles. The lowest BCUT2D eigenvalue weighted by Crippen LogP contribution is -2.58. The number of hydrogen-bond donors (Lipinski definition) is 0. The minimum Gasteiger partial charge on any atom is -0.462 e. The highest BCUT2D eigenvalue weighted by Gasteiger charge is 2.60. The Morgan fingerprint density at radius 3 is 2.17 bits per heavy atom. The maximum Gasteiger partial charge on any atom is 0.333 e. The molecule has 5 rings (SSSR count). The van der Waals surface area contributed by atoms with Crippen molar-refractivity contribution in [1.82, 2.24) is 0 Å². The molecule has 1 saturated heterocycles. The van der Waals surface area contributed by atoms with Gasteiger partial charge in [-0.05, 0) is 91.4 Å². The summed E-state index contributed by atoms with van der Waals surface area (Å²) < 4.78 is 29.1. The molecule has 0 amide bonds. The van der Waals surface area contributed by atoms with Gasteiger partial charge in [0.2, 0.25) is 0 Å². The van der Waals surface area contributed by atoms with Gasteiger partial charge in [-0.3, -0.25) is 9.59 Å². The van der Waals surface area contributed by atoms with E-state index in [1.807, 2.05) is 20.8 Å². The van der Waals surface area contributed by atoms with Crippen LogP contribution in [0.3, 0.4) is 0 Å². The van der Waals surface area contributed by atoms with Gasteiger partial charge < -0.3 is 23.7 Å². The van der Waals surface area contributed by atoms with E-state index in [0.29, 0.717) is 30.8 Å². The van der Waals surface area contributed by atoms with Gasteiger partial charge in [-0.1, -0.05) is 6.58 Å². The van der Waals surface area contributed by atoms with E-state index in [-0.39, 0.29) is 61.1 Å². The fraction of sp³-hybridized carbons (Fsp3) is 0.821. The normalized spacial score (nSPS) is 36.7. The second kappa shape index (κ2) is 9.75. The molecule has 4 unspecified atom stereocenters. The van der Waals surface area contributed by atoms with Crippen LogP contribution in [0.25, 0.3) is 0 Å². The van der Waals surface area contributed by atoms with E-state index in [9.17, 15) is 14.4 Å². The van der Waals surface area contributed by atoms with E-state index in [1.54, 1.807) is 20.8 Å². The van der Waals surface area contributed by atoms with Gasteiger partial charge in [0.1, 0.15) is 18.3 Å². The van der Waals surface area contributed by atoms with Crippen molar-refractivity contribution in [2.75, 3.05) is 6.61 Å². The van der Waals surface area contributed by atoms with E-state index in [0.717, 1.165) is 19.3 Å². The molecule has 1 heterocycles. The van der Waals surface area contributed by atoms with Gasteiger partial charge in [0, 0.05) is 12.0 Å². The fourth-order valence-corrected chi connectivity index (χ4v) is 6.98. The molecule has 4 saturated carbocycles. The molecule has 0 aromatic carbocycles. The van der Waals surface area contributed by atoms with Crippen molar-refractivity contribution in [1.29, 1.82) is 0 Å². The molecule has 0 radical (unpaired) electrons. The van der Waals surface area contributed by atoms with Gasteiger partial charge in [0.05, 0.1) is 24.0 Å². The SMILES string of the molecule is C=C(C)C(=O)OC1C2CC3CC1CC(C(=O)OCC1CC(CC(=O)OC(C)(C)C)OC(C)(C)O1)(C3)C2. The number of carbonyl (C=O) groups is 3. The Kier molecular flexibility index (Phi) is 7.34. The summed E-state index contributed by atoms with van der Waals surface area (Å²) in [5.74, 6) is -0.911. The molecule has 0 aromatic rings. The zero-order valence-electron chi connectivity index (χ0n) is 22.6. The lowest BCUT2D eigenvalue weighted by atomic mass is 9.48. The second-order valence-corrected chi connectivity index (χ2v) is 12.9. The predicted molar refractivity (Wildman–Crippen MR) is 131 cm³/mol. The summed E-state index contributed by atoms with van der Waals surface area (Å²) >= 11 is 0. The second-order valence-electron chi connectivity index (χ2n) is 12.9.